The van der Waals surface area contributed by atoms with Gasteiger partial charge in [-0.15, -0.1) is 0 Å². The molecular formula is C15H20N4O. The lowest BCUT2D eigenvalue weighted by atomic mass is 10.1. The molecule has 5 nitrogen and oxygen atoms in total. The molecule has 1 aliphatic rings. The highest BCUT2D eigenvalue weighted by Crippen LogP contribution is 2.12. The quantitative estimate of drug-likeness (QED) is 0.920. The van der Waals surface area contributed by atoms with E-state index in [9.17, 15) is 0 Å². The Morgan fingerprint density at radius 1 is 1.35 bits per heavy atom. The van der Waals surface area contributed by atoms with Crippen LogP contribution < -0.4 is 5.32 Å². The van der Waals surface area contributed by atoms with Gasteiger partial charge in [0, 0.05) is 25.6 Å². The Kier molecular flexibility index (Phi) is 4.08. The summed E-state index contributed by atoms with van der Waals surface area (Å²) in [5.74, 6) is 1.31. The number of aromatic nitrogens is 2. The van der Waals surface area contributed by atoms with Gasteiger partial charge in [-0.25, -0.2) is 4.98 Å². The van der Waals surface area contributed by atoms with Crippen LogP contribution in [0.3, 0.4) is 0 Å². The van der Waals surface area contributed by atoms with Gasteiger partial charge in [0.25, 0.3) is 0 Å². The van der Waals surface area contributed by atoms with Crippen LogP contribution in [0.1, 0.15) is 0 Å². The van der Waals surface area contributed by atoms with Crippen LogP contribution in [0.5, 0.6) is 0 Å². The molecule has 0 amide bonds. The van der Waals surface area contributed by atoms with Crippen molar-refractivity contribution in [3.05, 3.63) is 30.5 Å². The molecule has 1 fully saturated rings. The first-order valence-corrected chi connectivity index (χ1v) is 7.03. The Labute approximate surface area is 119 Å². The molecule has 1 saturated heterocycles. The van der Waals surface area contributed by atoms with Gasteiger partial charge in [-0.05, 0) is 19.2 Å². The minimum Gasteiger partial charge on any atom is -0.380 e. The maximum atomic E-state index is 5.62. The average molecular weight is 272 g/mol. The molecule has 1 aromatic carbocycles. The third-order valence-corrected chi connectivity index (χ3v) is 3.56. The van der Waals surface area contributed by atoms with Crippen molar-refractivity contribution in [3.8, 4) is 0 Å². The van der Waals surface area contributed by atoms with Crippen molar-refractivity contribution in [2.75, 3.05) is 45.2 Å². The molecule has 106 valence electrons. The predicted molar refractivity (Wildman–Crippen MR) is 79.8 cm³/mol. The summed E-state index contributed by atoms with van der Waals surface area (Å²) in [4.78, 5) is 11.3. The highest BCUT2D eigenvalue weighted by atomic mass is 16.5. The summed E-state index contributed by atoms with van der Waals surface area (Å²) < 4.78 is 5.62. The molecule has 0 spiro atoms. The van der Waals surface area contributed by atoms with Crippen molar-refractivity contribution in [2.24, 2.45) is 5.92 Å². The number of anilines is 1. The van der Waals surface area contributed by atoms with E-state index >= 15 is 0 Å². The fourth-order valence-electron chi connectivity index (χ4n) is 2.47. The fourth-order valence-corrected chi connectivity index (χ4v) is 2.47. The van der Waals surface area contributed by atoms with Crippen LogP contribution in [-0.4, -0.2) is 54.8 Å². The van der Waals surface area contributed by atoms with Crippen LogP contribution in [0, 0.1) is 5.92 Å². The Morgan fingerprint density at radius 2 is 2.20 bits per heavy atom. The Hall–Kier alpha value is -1.72. The summed E-state index contributed by atoms with van der Waals surface area (Å²) in [6.45, 7) is 4.54. The summed E-state index contributed by atoms with van der Waals surface area (Å²) in [5.41, 5.74) is 1.85. The van der Waals surface area contributed by atoms with Gasteiger partial charge in [-0.2, -0.15) is 0 Å². The van der Waals surface area contributed by atoms with E-state index in [2.05, 4.69) is 27.2 Å². The number of ether oxygens (including phenoxy) is 1. The second-order valence-electron chi connectivity index (χ2n) is 5.33. The van der Waals surface area contributed by atoms with E-state index in [1.54, 1.807) is 6.20 Å². The standard InChI is InChI=1S/C15H20N4O/c1-19-6-7-20-11-12(10-19)8-17-15-9-16-13-4-2-3-5-14(13)18-15/h2-5,9,12H,6-8,10-11H2,1H3,(H,17,18)/t12-/m1/s1. The maximum Gasteiger partial charge on any atom is 0.145 e. The normalized spacial score (nSPS) is 20.8. The molecule has 0 bridgehead atoms. The summed E-state index contributed by atoms with van der Waals surface area (Å²) in [7, 11) is 2.14. The number of hydrogen-bond donors (Lipinski definition) is 1. The van der Waals surface area contributed by atoms with Crippen LogP contribution in [0.25, 0.3) is 11.0 Å². The highest BCUT2D eigenvalue weighted by molar-refractivity contribution is 5.75. The van der Waals surface area contributed by atoms with Crippen molar-refractivity contribution in [1.82, 2.24) is 14.9 Å². The van der Waals surface area contributed by atoms with E-state index in [0.29, 0.717) is 5.92 Å². The number of para-hydroxylation sites is 2. The fraction of sp³-hybridized carbons (Fsp3) is 0.467. The van der Waals surface area contributed by atoms with E-state index in [1.165, 1.54) is 0 Å². The lowest BCUT2D eigenvalue weighted by Crippen LogP contribution is -2.30. The molecule has 3 rings (SSSR count). The molecule has 1 aromatic heterocycles. The third kappa shape index (κ3) is 3.23. The zero-order chi connectivity index (χ0) is 13.8. The summed E-state index contributed by atoms with van der Waals surface area (Å²) in [5, 5.41) is 3.37. The van der Waals surface area contributed by atoms with Crippen molar-refractivity contribution >= 4 is 16.9 Å². The molecule has 5 heteroatoms. The topological polar surface area (TPSA) is 50.3 Å². The molecule has 1 N–H and O–H groups in total. The van der Waals surface area contributed by atoms with Gasteiger partial charge in [0.05, 0.1) is 30.4 Å². The predicted octanol–water partition coefficient (Wildman–Crippen LogP) is 1.62. The second-order valence-corrected chi connectivity index (χ2v) is 5.33. The first kappa shape index (κ1) is 13.3. The highest BCUT2D eigenvalue weighted by Gasteiger charge is 2.16. The van der Waals surface area contributed by atoms with Crippen molar-refractivity contribution in [3.63, 3.8) is 0 Å². The zero-order valence-electron chi connectivity index (χ0n) is 11.7. The summed E-state index contributed by atoms with van der Waals surface area (Å²) in [6.07, 6.45) is 1.80. The number of nitrogens with one attached hydrogen (secondary N) is 1. The van der Waals surface area contributed by atoms with Gasteiger partial charge in [0.1, 0.15) is 5.82 Å². The minimum absolute atomic E-state index is 0.482. The minimum atomic E-state index is 0.482. The Balaban J connectivity index is 1.64. The van der Waals surface area contributed by atoms with Gasteiger partial charge >= 0.3 is 0 Å². The van der Waals surface area contributed by atoms with Gasteiger partial charge in [0.15, 0.2) is 0 Å². The number of hydrogen-bond acceptors (Lipinski definition) is 5. The Morgan fingerprint density at radius 3 is 3.10 bits per heavy atom. The number of rotatable bonds is 3. The molecule has 0 aliphatic carbocycles. The van der Waals surface area contributed by atoms with Crippen LogP contribution in [0.2, 0.25) is 0 Å². The number of fused-ring (bicyclic) bond motifs is 1. The molecule has 1 aliphatic heterocycles. The van der Waals surface area contributed by atoms with E-state index in [0.717, 1.165) is 49.7 Å². The van der Waals surface area contributed by atoms with Crippen LogP contribution >= 0.6 is 0 Å². The third-order valence-electron chi connectivity index (χ3n) is 3.56. The van der Waals surface area contributed by atoms with E-state index in [1.807, 2.05) is 24.3 Å². The second kappa shape index (κ2) is 6.15. The van der Waals surface area contributed by atoms with Gasteiger partial charge in [-0.1, -0.05) is 12.1 Å². The lowest BCUT2D eigenvalue weighted by Gasteiger charge is -2.19. The maximum absolute atomic E-state index is 5.62. The van der Waals surface area contributed by atoms with Gasteiger partial charge < -0.3 is 15.0 Å². The molecule has 0 unspecified atom stereocenters. The van der Waals surface area contributed by atoms with Crippen LogP contribution in [0.15, 0.2) is 30.5 Å². The molecule has 0 radical (unpaired) electrons. The van der Waals surface area contributed by atoms with Gasteiger partial charge in [0.2, 0.25) is 0 Å². The first-order chi connectivity index (χ1) is 9.81. The van der Waals surface area contributed by atoms with E-state index in [4.69, 9.17) is 4.74 Å². The Bertz CT molecular complexity index is 575. The van der Waals surface area contributed by atoms with E-state index in [-0.39, 0.29) is 0 Å². The monoisotopic (exact) mass is 272 g/mol. The first-order valence-electron chi connectivity index (χ1n) is 7.03. The number of likely N-dealkylation sites (N-methyl/N-ethyl adjacent to an activating group) is 1. The number of nitrogens with zero attached hydrogens (tertiary/aromatic N) is 3. The average Bonchev–Trinajstić information content (AvgIpc) is 2.69. The molecule has 2 aromatic rings. The van der Waals surface area contributed by atoms with E-state index < -0.39 is 0 Å². The van der Waals surface area contributed by atoms with Crippen molar-refractivity contribution in [2.45, 2.75) is 0 Å². The van der Waals surface area contributed by atoms with Crippen molar-refractivity contribution < 1.29 is 4.74 Å². The largest absolute Gasteiger partial charge is 0.380 e. The van der Waals surface area contributed by atoms with Crippen LogP contribution in [-0.2, 0) is 4.74 Å². The van der Waals surface area contributed by atoms with Gasteiger partial charge in [-0.3, -0.25) is 4.98 Å². The summed E-state index contributed by atoms with van der Waals surface area (Å²) >= 11 is 0. The number of benzene rings is 1. The molecular weight excluding hydrogens is 252 g/mol. The smallest absolute Gasteiger partial charge is 0.145 e. The molecule has 20 heavy (non-hydrogen) atoms. The van der Waals surface area contributed by atoms with Crippen molar-refractivity contribution in [1.29, 1.82) is 0 Å². The lowest BCUT2D eigenvalue weighted by molar-refractivity contribution is 0.125. The molecule has 1 atom stereocenters. The molecule has 0 saturated carbocycles. The SMILES string of the molecule is CN1CCOC[C@H](CNc2cnc3ccccc3n2)C1. The summed E-state index contributed by atoms with van der Waals surface area (Å²) in [6, 6.07) is 7.91. The zero-order valence-corrected chi connectivity index (χ0v) is 11.7. The molecule has 2 heterocycles. The van der Waals surface area contributed by atoms with Crippen LogP contribution in [0.4, 0.5) is 5.82 Å².